The minimum absolute atomic E-state index is 0.108. The number of urea groups is 1. The number of nitrogens with zero attached hydrogens (tertiary/aromatic N) is 2. The Morgan fingerprint density at radius 3 is 2.46 bits per heavy atom. The van der Waals surface area contributed by atoms with E-state index < -0.39 is 12.1 Å². The summed E-state index contributed by atoms with van der Waals surface area (Å²) in [5, 5.41) is 25.7. The lowest BCUT2D eigenvalue weighted by atomic mass is 9.88. The number of halogens is 1. The second-order valence-corrected chi connectivity index (χ2v) is 9.66. The summed E-state index contributed by atoms with van der Waals surface area (Å²) in [7, 11) is 0. The summed E-state index contributed by atoms with van der Waals surface area (Å²) in [5.41, 5.74) is 3.27. The number of nitriles is 1. The highest BCUT2D eigenvalue weighted by molar-refractivity contribution is 5.89. The van der Waals surface area contributed by atoms with Crippen molar-refractivity contribution < 1.29 is 14.3 Å². The van der Waals surface area contributed by atoms with E-state index in [1.807, 2.05) is 30.3 Å². The predicted molar refractivity (Wildman–Crippen MR) is 143 cm³/mol. The molecule has 7 heteroatoms. The number of nitrogens with one attached hydrogen (secondary N) is 2. The second kappa shape index (κ2) is 13.0. The molecule has 0 aliphatic carbocycles. The molecular weight excluding hydrogens is 467 g/mol. The van der Waals surface area contributed by atoms with Gasteiger partial charge in [0.1, 0.15) is 5.82 Å². The van der Waals surface area contributed by atoms with Gasteiger partial charge in [-0.15, -0.1) is 0 Å². The number of piperidine rings is 1. The van der Waals surface area contributed by atoms with E-state index in [0.29, 0.717) is 23.6 Å². The molecule has 0 saturated carbocycles. The van der Waals surface area contributed by atoms with Crippen LogP contribution in [-0.4, -0.2) is 47.8 Å². The van der Waals surface area contributed by atoms with Crippen LogP contribution in [0.3, 0.4) is 0 Å². The third-order valence-electron chi connectivity index (χ3n) is 7.01. The smallest absolute Gasteiger partial charge is 0.319 e. The number of aliphatic hydroxyl groups is 1. The maximum absolute atomic E-state index is 13.2. The van der Waals surface area contributed by atoms with Crippen LogP contribution in [0.4, 0.5) is 14.9 Å². The van der Waals surface area contributed by atoms with E-state index in [1.165, 1.54) is 12.1 Å². The zero-order valence-corrected chi connectivity index (χ0v) is 20.8. The number of benzene rings is 3. The fraction of sp³-hybridized carbons (Fsp3) is 0.333. The van der Waals surface area contributed by atoms with Crippen molar-refractivity contribution in [3.8, 4) is 6.07 Å². The van der Waals surface area contributed by atoms with Crippen LogP contribution >= 0.6 is 0 Å². The molecule has 0 spiro atoms. The molecule has 1 aliphatic rings. The molecule has 6 nitrogen and oxygen atoms in total. The zero-order chi connectivity index (χ0) is 26.0. The molecule has 1 fully saturated rings. The molecule has 192 valence electrons. The standard InChI is InChI=1S/C30H33FN4O2/c31-26-11-9-23(10-12-26)17-24-13-15-35(16-14-24)28(19-22-5-2-1-3-6-22)29(36)21-33-30(37)34-27-8-4-7-25(18-27)20-32/h1-12,18,24,28-29,36H,13-17,19,21H2,(H2,33,34,37). The van der Waals surface area contributed by atoms with Gasteiger partial charge in [-0.3, -0.25) is 4.90 Å². The molecule has 1 heterocycles. The number of rotatable bonds is 9. The van der Waals surface area contributed by atoms with Crippen LogP contribution in [-0.2, 0) is 12.8 Å². The third-order valence-corrected chi connectivity index (χ3v) is 7.01. The number of amides is 2. The molecule has 0 radical (unpaired) electrons. The average Bonchev–Trinajstić information content (AvgIpc) is 2.93. The molecule has 2 atom stereocenters. The number of hydrogen-bond acceptors (Lipinski definition) is 4. The van der Waals surface area contributed by atoms with Gasteiger partial charge >= 0.3 is 6.03 Å². The number of aliphatic hydroxyl groups excluding tert-OH is 1. The van der Waals surface area contributed by atoms with E-state index in [0.717, 1.165) is 43.5 Å². The summed E-state index contributed by atoms with van der Waals surface area (Å²) >= 11 is 0. The lowest BCUT2D eigenvalue weighted by Crippen LogP contribution is -2.52. The third kappa shape index (κ3) is 7.88. The highest BCUT2D eigenvalue weighted by Gasteiger charge is 2.30. The second-order valence-electron chi connectivity index (χ2n) is 9.66. The first-order valence-corrected chi connectivity index (χ1v) is 12.8. The van der Waals surface area contributed by atoms with E-state index in [2.05, 4.69) is 33.7 Å². The lowest BCUT2D eigenvalue weighted by molar-refractivity contribution is 0.0307. The Hall–Kier alpha value is -3.73. The molecular formula is C30H33FN4O2. The highest BCUT2D eigenvalue weighted by atomic mass is 19.1. The predicted octanol–water partition coefficient (Wildman–Crippen LogP) is 4.75. The lowest BCUT2D eigenvalue weighted by Gasteiger charge is -2.40. The largest absolute Gasteiger partial charge is 0.390 e. The van der Waals surface area contributed by atoms with Crippen LogP contribution in [0.5, 0.6) is 0 Å². The van der Waals surface area contributed by atoms with Gasteiger partial charge in [-0.1, -0.05) is 48.5 Å². The van der Waals surface area contributed by atoms with Crippen molar-refractivity contribution >= 4 is 11.7 Å². The summed E-state index contributed by atoms with van der Waals surface area (Å²) in [5.74, 6) is 0.304. The molecule has 1 saturated heterocycles. The Labute approximate surface area is 217 Å². The van der Waals surface area contributed by atoms with Gasteiger partial charge in [0.2, 0.25) is 0 Å². The monoisotopic (exact) mass is 500 g/mol. The first-order valence-electron chi connectivity index (χ1n) is 12.8. The van der Waals surface area contributed by atoms with Gasteiger partial charge < -0.3 is 15.7 Å². The van der Waals surface area contributed by atoms with Gasteiger partial charge in [0.25, 0.3) is 0 Å². The first kappa shape index (κ1) is 26.3. The molecule has 1 aliphatic heterocycles. The number of anilines is 1. The maximum Gasteiger partial charge on any atom is 0.319 e. The first-order chi connectivity index (χ1) is 18.0. The molecule has 37 heavy (non-hydrogen) atoms. The quantitative estimate of drug-likeness (QED) is 0.396. The van der Waals surface area contributed by atoms with Crippen LogP contribution in [0.2, 0.25) is 0 Å². The van der Waals surface area contributed by atoms with E-state index in [4.69, 9.17) is 5.26 Å². The summed E-state index contributed by atoms with van der Waals surface area (Å²) < 4.78 is 13.2. The molecule has 0 bridgehead atoms. The van der Waals surface area contributed by atoms with Crippen LogP contribution in [0, 0.1) is 23.1 Å². The van der Waals surface area contributed by atoms with Crippen molar-refractivity contribution in [1.29, 1.82) is 5.26 Å². The minimum Gasteiger partial charge on any atom is -0.390 e. The van der Waals surface area contributed by atoms with E-state index >= 15 is 0 Å². The number of hydrogen-bond donors (Lipinski definition) is 3. The summed E-state index contributed by atoms with van der Waals surface area (Å²) in [6, 6.07) is 25.0. The average molecular weight is 501 g/mol. The Kier molecular flexibility index (Phi) is 9.25. The molecule has 2 amide bonds. The fourth-order valence-corrected chi connectivity index (χ4v) is 4.98. The van der Waals surface area contributed by atoms with E-state index in [1.54, 1.807) is 24.3 Å². The Balaban J connectivity index is 1.34. The molecule has 4 rings (SSSR count). The van der Waals surface area contributed by atoms with Crippen LogP contribution < -0.4 is 10.6 Å². The molecule has 3 aromatic rings. The van der Waals surface area contributed by atoms with Crippen LogP contribution in [0.1, 0.15) is 29.5 Å². The Morgan fingerprint density at radius 2 is 1.76 bits per heavy atom. The molecule has 2 unspecified atom stereocenters. The van der Waals surface area contributed by atoms with Crippen molar-refractivity contribution in [3.05, 3.63) is 101 Å². The molecule has 3 N–H and O–H groups in total. The van der Waals surface area contributed by atoms with Crippen molar-refractivity contribution in [2.75, 3.05) is 25.0 Å². The molecule has 3 aromatic carbocycles. The van der Waals surface area contributed by atoms with Gasteiger partial charge in [0, 0.05) is 18.3 Å². The zero-order valence-electron chi connectivity index (χ0n) is 20.8. The van der Waals surface area contributed by atoms with E-state index in [9.17, 15) is 14.3 Å². The van der Waals surface area contributed by atoms with Crippen molar-refractivity contribution in [2.24, 2.45) is 5.92 Å². The van der Waals surface area contributed by atoms with Gasteiger partial charge in [0.05, 0.1) is 17.7 Å². The fourth-order valence-electron chi connectivity index (χ4n) is 4.98. The SMILES string of the molecule is N#Cc1cccc(NC(=O)NCC(O)C(Cc2ccccc2)N2CCC(Cc3ccc(F)cc3)CC2)c1. The number of likely N-dealkylation sites (tertiary alicyclic amines) is 1. The van der Waals surface area contributed by atoms with Crippen LogP contribution in [0.25, 0.3) is 0 Å². The highest BCUT2D eigenvalue weighted by Crippen LogP contribution is 2.25. The summed E-state index contributed by atoms with van der Waals surface area (Å²) in [4.78, 5) is 14.8. The van der Waals surface area contributed by atoms with Gasteiger partial charge in [-0.2, -0.15) is 5.26 Å². The van der Waals surface area contributed by atoms with Crippen molar-refractivity contribution in [1.82, 2.24) is 10.2 Å². The Morgan fingerprint density at radius 1 is 1.03 bits per heavy atom. The normalized spacial score (nSPS) is 15.9. The van der Waals surface area contributed by atoms with Crippen molar-refractivity contribution in [2.45, 2.75) is 37.8 Å². The summed E-state index contributed by atoms with van der Waals surface area (Å²) in [6.07, 6.45) is 2.84. The molecule has 0 aromatic heterocycles. The van der Waals surface area contributed by atoms with Crippen molar-refractivity contribution in [3.63, 3.8) is 0 Å². The number of carbonyl (C=O) groups excluding carboxylic acids is 1. The topological polar surface area (TPSA) is 88.4 Å². The van der Waals surface area contributed by atoms with Gasteiger partial charge in [0.15, 0.2) is 0 Å². The minimum atomic E-state index is -0.759. The summed E-state index contributed by atoms with van der Waals surface area (Å²) in [6.45, 7) is 1.82. The maximum atomic E-state index is 13.2. The van der Waals surface area contributed by atoms with E-state index in [-0.39, 0.29) is 18.4 Å². The number of carbonyl (C=O) groups is 1. The van der Waals surface area contributed by atoms with Gasteiger partial charge in [-0.05, 0) is 86.1 Å². The Bertz CT molecular complexity index is 1190. The van der Waals surface area contributed by atoms with Crippen LogP contribution in [0.15, 0.2) is 78.9 Å². The van der Waals surface area contributed by atoms with Gasteiger partial charge in [-0.25, -0.2) is 9.18 Å².